The molecule has 0 aliphatic rings. The summed E-state index contributed by atoms with van der Waals surface area (Å²) in [6.07, 6.45) is 0.506. The Labute approximate surface area is 86.8 Å². The lowest BCUT2D eigenvalue weighted by atomic mass is 10.0. The predicted octanol–water partition coefficient (Wildman–Crippen LogP) is 0.285. The molecule has 1 amide bonds. The highest BCUT2D eigenvalue weighted by Crippen LogP contribution is 2.07. The molecule has 0 aromatic carbocycles. The fraction of sp³-hybridized carbons (Fsp3) is 0.875. The Morgan fingerprint density at radius 3 is 2.77 bits per heavy atom. The lowest BCUT2D eigenvalue weighted by Gasteiger charge is -2.22. The van der Waals surface area contributed by atoms with Crippen molar-refractivity contribution < 1.29 is 14.6 Å². The number of hydrogen-bond acceptors (Lipinski definition) is 3. The zero-order valence-corrected chi connectivity index (χ0v) is 9.56. The quantitative estimate of drug-likeness (QED) is 0.669. The molecule has 0 saturated carbocycles. The summed E-state index contributed by atoms with van der Waals surface area (Å²) in [7, 11) is 1.58. The van der Waals surface area contributed by atoms with E-state index in [2.05, 4.69) is 21.2 Å². The summed E-state index contributed by atoms with van der Waals surface area (Å²) in [6, 6.07) is 0. The van der Waals surface area contributed by atoms with Crippen LogP contribution in [-0.2, 0) is 9.53 Å². The van der Waals surface area contributed by atoms with Crippen molar-refractivity contribution in [3.63, 3.8) is 0 Å². The van der Waals surface area contributed by atoms with Crippen LogP contribution >= 0.6 is 15.9 Å². The maximum absolute atomic E-state index is 10.8. The number of halogens is 1. The average molecular weight is 254 g/mol. The van der Waals surface area contributed by atoms with E-state index in [0.717, 1.165) is 0 Å². The Kier molecular flexibility index (Phi) is 6.28. The minimum Gasteiger partial charge on any atom is -0.388 e. The molecule has 2 N–H and O–H groups in total. The molecule has 4 nitrogen and oxygen atoms in total. The van der Waals surface area contributed by atoms with Crippen molar-refractivity contribution in [2.45, 2.75) is 18.9 Å². The van der Waals surface area contributed by atoms with Gasteiger partial charge in [-0.1, -0.05) is 15.9 Å². The highest BCUT2D eigenvalue weighted by molar-refractivity contribution is 9.09. The van der Waals surface area contributed by atoms with Crippen molar-refractivity contribution in [1.29, 1.82) is 0 Å². The zero-order valence-electron chi connectivity index (χ0n) is 7.97. The van der Waals surface area contributed by atoms with Gasteiger partial charge < -0.3 is 15.2 Å². The minimum absolute atomic E-state index is 0.127. The first kappa shape index (κ1) is 12.9. The number of alkyl halides is 1. The van der Waals surface area contributed by atoms with Crippen LogP contribution in [0.3, 0.4) is 0 Å². The van der Waals surface area contributed by atoms with Gasteiger partial charge in [0, 0.05) is 26.7 Å². The Hall–Kier alpha value is -0.130. The van der Waals surface area contributed by atoms with E-state index in [1.807, 2.05) is 0 Å². The highest BCUT2D eigenvalue weighted by Gasteiger charge is 2.20. The molecule has 0 radical (unpaired) electrons. The molecular formula is C8H16BrNO3. The highest BCUT2D eigenvalue weighted by atomic mass is 79.9. The third kappa shape index (κ3) is 6.98. The maximum Gasteiger partial charge on any atom is 0.230 e. The standard InChI is InChI=1S/C8H16BrNO3/c1-8(12,3-4-13-2)6-10-7(11)5-9/h12H,3-6H2,1-2H3,(H,10,11). The van der Waals surface area contributed by atoms with Crippen LogP contribution in [0.15, 0.2) is 0 Å². The number of hydrogen-bond donors (Lipinski definition) is 2. The van der Waals surface area contributed by atoms with Gasteiger partial charge in [-0.05, 0) is 6.92 Å². The molecule has 0 bridgehead atoms. The molecular weight excluding hydrogens is 238 g/mol. The number of ether oxygens (including phenoxy) is 1. The summed E-state index contributed by atoms with van der Waals surface area (Å²) in [5.74, 6) is -0.127. The molecule has 0 aromatic rings. The molecule has 78 valence electrons. The number of carbonyl (C=O) groups excluding carboxylic acids is 1. The molecule has 0 saturated heterocycles. The van der Waals surface area contributed by atoms with Gasteiger partial charge >= 0.3 is 0 Å². The van der Waals surface area contributed by atoms with Gasteiger partial charge in [0.2, 0.25) is 5.91 Å². The largest absolute Gasteiger partial charge is 0.388 e. The van der Waals surface area contributed by atoms with Gasteiger partial charge in [-0.15, -0.1) is 0 Å². The van der Waals surface area contributed by atoms with Gasteiger partial charge in [0.15, 0.2) is 0 Å². The number of rotatable bonds is 6. The first-order valence-corrected chi connectivity index (χ1v) is 5.18. The Bertz CT molecular complexity index is 161. The molecule has 13 heavy (non-hydrogen) atoms. The van der Waals surface area contributed by atoms with Crippen LogP contribution in [-0.4, -0.2) is 42.2 Å². The van der Waals surface area contributed by atoms with Crippen LogP contribution in [0.5, 0.6) is 0 Å². The molecule has 1 atom stereocenters. The van der Waals surface area contributed by atoms with Gasteiger partial charge in [-0.2, -0.15) is 0 Å². The molecule has 5 heteroatoms. The summed E-state index contributed by atoms with van der Waals surface area (Å²) in [4.78, 5) is 10.8. The van der Waals surface area contributed by atoms with E-state index < -0.39 is 5.60 Å². The SMILES string of the molecule is COCCC(C)(O)CNC(=O)CBr. The fourth-order valence-electron chi connectivity index (χ4n) is 0.747. The number of methoxy groups -OCH3 is 1. The van der Waals surface area contributed by atoms with E-state index in [1.54, 1.807) is 14.0 Å². The van der Waals surface area contributed by atoms with Crippen LogP contribution in [0.2, 0.25) is 0 Å². The fourth-order valence-corrected chi connectivity index (χ4v) is 0.945. The summed E-state index contributed by atoms with van der Waals surface area (Å²) in [6.45, 7) is 2.40. The third-order valence-electron chi connectivity index (χ3n) is 1.63. The van der Waals surface area contributed by atoms with E-state index in [-0.39, 0.29) is 17.8 Å². The molecule has 0 aliphatic heterocycles. The summed E-state index contributed by atoms with van der Waals surface area (Å²) < 4.78 is 4.83. The van der Waals surface area contributed by atoms with E-state index in [0.29, 0.717) is 13.0 Å². The van der Waals surface area contributed by atoms with E-state index in [4.69, 9.17) is 4.74 Å². The predicted molar refractivity (Wildman–Crippen MR) is 53.9 cm³/mol. The first-order chi connectivity index (χ1) is 6.02. The van der Waals surface area contributed by atoms with Crippen molar-refractivity contribution in [3.05, 3.63) is 0 Å². The second-order valence-electron chi connectivity index (χ2n) is 3.15. The molecule has 0 fully saturated rings. The smallest absolute Gasteiger partial charge is 0.230 e. The molecule has 0 aromatic heterocycles. The second kappa shape index (κ2) is 6.34. The number of nitrogens with one attached hydrogen (secondary N) is 1. The minimum atomic E-state index is -0.895. The van der Waals surface area contributed by atoms with Crippen molar-refractivity contribution in [1.82, 2.24) is 5.32 Å². The molecule has 0 aliphatic carbocycles. The Morgan fingerprint density at radius 2 is 2.31 bits per heavy atom. The monoisotopic (exact) mass is 253 g/mol. The van der Waals surface area contributed by atoms with E-state index in [1.165, 1.54) is 0 Å². The van der Waals surface area contributed by atoms with Gasteiger partial charge in [0.1, 0.15) is 0 Å². The third-order valence-corrected chi connectivity index (χ3v) is 2.14. The van der Waals surface area contributed by atoms with Gasteiger partial charge in [0.05, 0.1) is 10.9 Å². The summed E-state index contributed by atoms with van der Waals surface area (Å²) in [5, 5.41) is 12.5. The van der Waals surface area contributed by atoms with Gasteiger partial charge in [0.25, 0.3) is 0 Å². The topological polar surface area (TPSA) is 58.6 Å². The number of aliphatic hydroxyl groups is 1. The van der Waals surface area contributed by atoms with Crippen molar-refractivity contribution >= 4 is 21.8 Å². The lowest BCUT2D eigenvalue weighted by Crippen LogP contribution is -2.41. The zero-order chi connectivity index (χ0) is 10.3. The number of amides is 1. The lowest BCUT2D eigenvalue weighted by molar-refractivity contribution is -0.119. The Balaban J connectivity index is 3.67. The molecule has 1 unspecified atom stereocenters. The molecule has 0 heterocycles. The van der Waals surface area contributed by atoms with Crippen molar-refractivity contribution in [2.24, 2.45) is 0 Å². The van der Waals surface area contributed by atoms with Gasteiger partial charge in [-0.25, -0.2) is 0 Å². The molecule has 0 rings (SSSR count). The summed E-state index contributed by atoms with van der Waals surface area (Å²) in [5.41, 5.74) is -0.895. The van der Waals surface area contributed by atoms with Crippen LogP contribution in [0.25, 0.3) is 0 Å². The van der Waals surface area contributed by atoms with Crippen LogP contribution < -0.4 is 5.32 Å². The van der Waals surface area contributed by atoms with E-state index in [9.17, 15) is 9.90 Å². The maximum atomic E-state index is 10.8. The first-order valence-electron chi connectivity index (χ1n) is 4.06. The molecule has 0 spiro atoms. The van der Waals surface area contributed by atoms with Gasteiger partial charge in [-0.3, -0.25) is 4.79 Å². The summed E-state index contributed by atoms with van der Waals surface area (Å²) >= 11 is 3.02. The van der Waals surface area contributed by atoms with Crippen LogP contribution in [0, 0.1) is 0 Å². The van der Waals surface area contributed by atoms with Crippen molar-refractivity contribution in [3.8, 4) is 0 Å². The van der Waals surface area contributed by atoms with Crippen LogP contribution in [0.1, 0.15) is 13.3 Å². The average Bonchev–Trinajstić information content (AvgIpc) is 2.11. The second-order valence-corrected chi connectivity index (χ2v) is 3.71. The Morgan fingerprint density at radius 1 is 1.69 bits per heavy atom. The normalized spacial score (nSPS) is 15.1. The van der Waals surface area contributed by atoms with Crippen LogP contribution in [0.4, 0.5) is 0 Å². The number of carbonyl (C=O) groups is 1. The van der Waals surface area contributed by atoms with E-state index >= 15 is 0 Å². The van der Waals surface area contributed by atoms with Crippen molar-refractivity contribution in [2.75, 3.05) is 25.6 Å².